The highest BCUT2D eigenvalue weighted by atomic mass is 32.1. The zero-order chi connectivity index (χ0) is 14.2. The fourth-order valence-electron chi connectivity index (χ4n) is 2.55. The lowest BCUT2D eigenvalue weighted by Gasteiger charge is -2.30. The quantitative estimate of drug-likeness (QED) is 0.863. The van der Waals surface area contributed by atoms with Crippen LogP contribution in [0.4, 0.5) is 0 Å². The van der Waals surface area contributed by atoms with E-state index in [1.54, 1.807) is 11.3 Å². The zero-order valence-corrected chi connectivity index (χ0v) is 12.8. The lowest BCUT2D eigenvalue weighted by molar-refractivity contribution is -0.0357. The largest absolute Gasteiger partial charge is 0.368 e. The van der Waals surface area contributed by atoms with Crippen LogP contribution in [0, 0.1) is 6.92 Å². The van der Waals surface area contributed by atoms with Crippen LogP contribution >= 0.6 is 11.3 Å². The molecule has 1 saturated heterocycles. The van der Waals surface area contributed by atoms with Gasteiger partial charge in [-0.15, -0.1) is 11.3 Å². The van der Waals surface area contributed by atoms with Crippen molar-refractivity contribution >= 4 is 11.3 Å². The number of nitrogens with zero attached hydrogens (tertiary/aromatic N) is 4. The first kappa shape index (κ1) is 13.4. The molecule has 0 N–H and O–H groups in total. The van der Waals surface area contributed by atoms with Gasteiger partial charge in [0, 0.05) is 30.1 Å². The second-order valence-electron chi connectivity index (χ2n) is 5.74. The first-order valence-corrected chi connectivity index (χ1v) is 8.24. The van der Waals surface area contributed by atoms with E-state index in [9.17, 15) is 0 Å². The van der Waals surface area contributed by atoms with E-state index in [4.69, 9.17) is 9.26 Å². The number of morpholine rings is 1. The third-order valence-electron chi connectivity index (χ3n) is 3.85. The fraction of sp³-hybridized carbons (Fsp3) is 0.643. The number of thiazole rings is 1. The summed E-state index contributed by atoms with van der Waals surface area (Å²) in [6.07, 6.45) is 2.45. The van der Waals surface area contributed by atoms with E-state index in [0.717, 1.165) is 29.6 Å². The van der Waals surface area contributed by atoms with Crippen LogP contribution in [-0.2, 0) is 11.3 Å². The molecule has 0 aromatic carbocycles. The average molecular weight is 306 g/mol. The molecule has 1 atom stereocenters. The first-order valence-electron chi connectivity index (χ1n) is 7.36. The number of aromatic nitrogens is 3. The smallest absolute Gasteiger partial charge is 0.240 e. The molecule has 2 aromatic heterocycles. The van der Waals surface area contributed by atoms with Crippen molar-refractivity contribution < 1.29 is 9.26 Å². The van der Waals surface area contributed by atoms with Crippen LogP contribution in [0.3, 0.4) is 0 Å². The van der Waals surface area contributed by atoms with Gasteiger partial charge in [0.25, 0.3) is 0 Å². The molecule has 0 radical (unpaired) electrons. The second kappa shape index (κ2) is 5.47. The Balaban J connectivity index is 1.40. The van der Waals surface area contributed by atoms with Gasteiger partial charge < -0.3 is 9.26 Å². The number of ether oxygens (including phenoxy) is 1. The van der Waals surface area contributed by atoms with Crippen molar-refractivity contribution in [3.05, 3.63) is 27.8 Å². The average Bonchev–Trinajstić information content (AvgIpc) is 3.09. The molecule has 3 heterocycles. The van der Waals surface area contributed by atoms with Gasteiger partial charge in [0.2, 0.25) is 5.89 Å². The van der Waals surface area contributed by atoms with Gasteiger partial charge >= 0.3 is 0 Å². The highest BCUT2D eigenvalue weighted by molar-refractivity contribution is 7.09. The summed E-state index contributed by atoms with van der Waals surface area (Å²) in [6, 6.07) is 0. The van der Waals surface area contributed by atoms with Crippen LogP contribution in [0.15, 0.2) is 9.90 Å². The van der Waals surface area contributed by atoms with Crippen molar-refractivity contribution in [2.75, 3.05) is 19.7 Å². The summed E-state index contributed by atoms with van der Waals surface area (Å²) in [5.41, 5.74) is 1.06. The fourth-order valence-corrected chi connectivity index (χ4v) is 3.38. The molecular weight excluding hydrogens is 288 g/mol. The van der Waals surface area contributed by atoms with Crippen LogP contribution < -0.4 is 0 Å². The minimum atomic E-state index is 0.0586. The van der Waals surface area contributed by atoms with Crippen molar-refractivity contribution in [3.63, 3.8) is 0 Å². The third-order valence-corrected chi connectivity index (χ3v) is 4.90. The van der Waals surface area contributed by atoms with E-state index in [-0.39, 0.29) is 6.10 Å². The number of rotatable bonds is 4. The predicted octanol–water partition coefficient (Wildman–Crippen LogP) is 2.29. The lowest BCUT2D eigenvalue weighted by atomic mass is 10.3. The van der Waals surface area contributed by atoms with Crippen LogP contribution in [0.25, 0.3) is 0 Å². The number of hydrogen-bond donors (Lipinski definition) is 0. The maximum Gasteiger partial charge on any atom is 0.240 e. The van der Waals surface area contributed by atoms with Crippen LogP contribution in [0.2, 0.25) is 0 Å². The molecule has 21 heavy (non-hydrogen) atoms. The van der Waals surface area contributed by atoms with Crippen molar-refractivity contribution in [1.29, 1.82) is 0 Å². The molecule has 7 heteroatoms. The Labute approximate surface area is 127 Å². The van der Waals surface area contributed by atoms with E-state index in [0.29, 0.717) is 25.0 Å². The van der Waals surface area contributed by atoms with Gasteiger partial charge in [-0.25, -0.2) is 4.98 Å². The van der Waals surface area contributed by atoms with Crippen LogP contribution in [-0.4, -0.2) is 39.7 Å². The Bertz CT molecular complexity index is 622. The lowest BCUT2D eigenvalue weighted by Crippen LogP contribution is -2.37. The van der Waals surface area contributed by atoms with Crippen molar-refractivity contribution in [2.45, 2.75) is 38.3 Å². The van der Waals surface area contributed by atoms with Crippen LogP contribution in [0.1, 0.15) is 47.3 Å². The Kier molecular flexibility index (Phi) is 3.48. The Morgan fingerprint density at radius 1 is 1.38 bits per heavy atom. The molecule has 0 bridgehead atoms. The van der Waals surface area contributed by atoms with Crippen molar-refractivity contribution in [3.8, 4) is 0 Å². The van der Waals surface area contributed by atoms with Crippen molar-refractivity contribution in [1.82, 2.24) is 20.0 Å². The molecule has 1 aliphatic carbocycles. The molecule has 0 spiro atoms. The molecule has 2 fully saturated rings. The van der Waals surface area contributed by atoms with Gasteiger partial charge in [-0.05, 0) is 19.8 Å². The second-order valence-corrected chi connectivity index (χ2v) is 6.63. The summed E-state index contributed by atoms with van der Waals surface area (Å²) >= 11 is 1.67. The summed E-state index contributed by atoms with van der Waals surface area (Å²) in [4.78, 5) is 11.3. The molecule has 0 unspecified atom stereocenters. The molecule has 2 aromatic rings. The minimum absolute atomic E-state index is 0.0586. The standard InChI is InChI=1S/C14H18N4O2S/c1-9-8-21-14(15-9)11-6-18(4-5-19-11)7-12-16-13(17-20-12)10-2-3-10/h8,10-11H,2-7H2,1H3/t11-/m0/s1. The van der Waals surface area contributed by atoms with E-state index >= 15 is 0 Å². The first-order chi connectivity index (χ1) is 10.3. The summed E-state index contributed by atoms with van der Waals surface area (Å²) in [5, 5.41) is 7.19. The van der Waals surface area contributed by atoms with Gasteiger partial charge in [0.1, 0.15) is 11.1 Å². The molecular formula is C14H18N4O2S. The normalized spacial score (nSPS) is 23.6. The number of hydrogen-bond acceptors (Lipinski definition) is 7. The van der Waals surface area contributed by atoms with E-state index in [1.165, 1.54) is 12.8 Å². The van der Waals surface area contributed by atoms with Gasteiger partial charge in [-0.2, -0.15) is 4.98 Å². The molecule has 1 aliphatic heterocycles. The molecule has 0 amide bonds. The topological polar surface area (TPSA) is 64.3 Å². The summed E-state index contributed by atoms with van der Waals surface area (Å²) in [7, 11) is 0. The Hall–Kier alpha value is -1.31. The van der Waals surface area contributed by atoms with Crippen molar-refractivity contribution in [2.24, 2.45) is 0 Å². The van der Waals surface area contributed by atoms with E-state index < -0.39 is 0 Å². The molecule has 1 saturated carbocycles. The van der Waals surface area contributed by atoms with Crippen LogP contribution in [0.5, 0.6) is 0 Å². The molecule has 6 nitrogen and oxygen atoms in total. The SMILES string of the molecule is Cc1csc([C@@H]2CN(Cc3nc(C4CC4)no3)CCO2)n1. The summed E-state index contributed by atoms with van der Waals surface area (Å²) < 4.78 is 11.2. The minimum Gasteiger partial charge on any atom is -0.368 e. The molecule has 112 valence electrons. The Morgan fingerprint density at radius 2 is 2.29 bits per heavy atom. The summed E-state index contributed by atoms with van der Waals surface area (Å²) in [5.74, 6) is 2.14. The summed E-state index contributed by atoms with van der Waals surface area (Å²) in [6.45, 7) is 5.14. The zero-order valence-electron chi connectivity index (χ0n) is 12.0. The third kappa shape index (κ3) is 3.00. The van der Waals surface area contributed by atoms with Gasteiger partial charge in [-0.3, -0.25) is 4.90 Å². The number of aryl methyl sites for hydroxylation is 1. The molecule has 2 aliphatic rings. The van der Waals surface area contributed by atoms with E-state index in [1.807, 2.05) is 6.92 Å². The van der Waals surface area contributed by atoms with Gasteiger partial charge in [0.15, 0.2) is 5.82 Å². The van der Waals surface area contributed by atoms with E-state index in [2.05, 4.69) is 25.4 Å². The predicted molar refractivity (Wildman–Crippen MR) is 77.1 cm³/mol. The highest BCUT2D eigenvalue weighted by Crippen LogP contribution is 2.38. The Morgan fingerprint density at radius 3 is 3.05 bits per heavy atom. The maximum atomic E-state index is 5.84. The van der Waals surface area contributed by atoms with Gasteiger partial charge in [0.05, 0.1) is 13.2 Å². The maximum absolute atomic E-state index is 5.84. The molecule has 4 rings (SSSR count). The highest BCUT2D eigenvalue weighted by Gasteiger charge is 2.30. The monoisotopic (exact) mass is 306 g/mol. The van der Waals surface area contributed by atoms with Gasteiger partial charge in [-0.1, -0.05) is 5.16 Å².